The summed E-state index contributed by atoms with van der Waals surface area (Å²) in [6, 6.07) is 10.4. The van der Waals surface area contributed by atoms with Gasteiger partial charge in [0.1, 0.15) is 11.4 Å². The summed E-state index contributed by atoms with van der Waals surface area (Å²) in [7, 11) is 0. The number of aromatic nitrogens is 3. The summed E-state index contributed by atoms with van der Waals surface area (Å²) in [6.45, 7) is 7.48. The van der Waals surface area contributed by atoms with Crippen LogP contribution in [0.2, 0.25) is 0 Å². The van der Waals surface area contributed by atoms with E-state index in [2.05, 4.69) is 41.5 Å². The van der Waals surface area contributed by atoms with E-state index in [0.717, 1.165) is 49.4 Å². The second-order valence-electron chi connectivity index (χ2n) is 6.79. The summed E-state index contributed by atoms with van der Waals surface area (Å²) in [5, 5.41) is 12.8. The Bertz CT molecular complexity index is 695. The molecule has 1 saturated heterocycles. The van der Waals surface area contributed by atoms with Gasteiger partial charge >= 0.3 is 0 Å². The average Bonchev–Trinajstić information content (AvgIpc) is 3.22. The van der Waals surface area contributed by atoms with Gasteiger partial charge in [0.15, 0.2) is 0 Å². The highest BCUT2D eigenvalue weighted by molar-refractivity contribution is 5.78. The summed E-state index contributed by atoms with van der Waals surface area (Å²) >= 11 is 0. The van der Waals surface area contributed by atoms with Crippen molar-refractivity contribution in [3.63, 3.8) is 0 Å². The van der Waals surface area contributed by atoms with Crippen LogP contribution in [0.15, 0.2) is 30.3 Å². The summed E-state index contributed by atoms with van der Waals surface area (Å²) in [6.07, 6.45) is 2.68. The van der Waals surface area contributed by atoms with E-state index >= 15 is 0 Å². The molecule has 0 aliphatic carbocycles. The van der Waals surface area contributed by atoms with Crippen molar-refractivity contribution in [1.82, 2.24) is 25.2 Å². The number of hydrogen-bond acceptors (Lipinski definition) is 4. The highest BCUT2D eigenvalue weighted by Gasteiger charge is 2.19. The Balaban J connectivity index is 1.57. The summed E-state index contributed by atoms with van der Waals surface area (Å²) < 4.78 is 0. The SMILES string of the molecule is CC(C)n1nc(CNCCCN2CCCC2=O)c(-c2ccccc2)n1. The van der Waals surface area contributed by atoms with E-state index in [0.29, 0.717) is 18.9 Å². The van der Waals surface area contributed by atoms with Crippen LogP contribution in [0.4, 0.5) is 0 Å². The second-order valence-corrected chi connectivity index (χ2v) is 6.79. The lowest BCUT2D eigenvalue weighted by molar-refractivity contribution is -0.127. The Morgan fingerprint density at radius 2 is 2.00 bits per heavy atom. The second kappa shape index (κ2) is 8.25. The van der Waals surface area contributed by atoms with Crippen molar-refractivity contribution in [2.24, 2.45) is 0 Å². The maximum absolute atomic E-state index is 11.6. The molecule has 2 heterocycles. The van der Waals surface area contributed by atoms with Crippen LogP contribution in [0.5, 0.6) is 0 Å². The lowest BCUT2D eigenvalue weighted by Gasteiger charge is -2.15. The fourth-order valence-corrected chi connectivity index (χ4v) is 3.07. The van der Waals surface area contributed by atoms with Gasteiger partial charge in [-0.3, -0.25) is 4.79 Å². The molecule has 3 rings (SSSR count). The number of nitrogens with zero attached hydrogens (tertiary/aromatic N) is 4. The Labute approximate surface area is 149 Å². The van der Waals surface area contributed by atoms with Gasteiger partial charge < -0.3 is 10.2 Å². The fraction of sp³-hybridized carbons (Fsp3) is 0.526. The molecule has 1 amide bonds. The lowest BCUT2D eigenvalue weighted by atomic mass is 10.1. The largest absolute Gasteiger partial charge is 0.343 e. The number of carbonyl (C=O) groups is 1. The highest BCUT2D eigenvalue weighted by Crippen LogP contribution is 2.21. The van der Waals surface area contributed by atoms with Gasteiger partial charge in [0.25, 0.3) is 0 Å². The lowest BCUT2D eigenvalue weighted by Crippen LogP contribution is -2.28. The highest BCUT2D eigenvalue weighted by atomic mass is 16.2. The van der Waals surface area contributed by atoms with Crippen LogP contribution >= 0.6 is 0 Å². The van der Waals surface area contributed by atoms with Gasteiger partial charge in [0, 0.05) is 31.6 Å². The molecule has 134 valence electrons. The molecular formula is C19H27N5O. The first-order valence-electron chi connectivity index (χ1n) is 9.15. The molecule has 0 bridgehead atoms. The molecule has 0 spiro atoms. The number of rotatable bonds is 8. The topological polar surface area (TPSA) is 63.1 Å². The molecule has 1 N–H and O–H groups in total. The molecule has 1 fully saturated rings. The van der Waals surface area contributed by atoms with Gasteiger partial charge in [-0.15, -0.1) is 0 Å². The first kappa shape index (κ1) is 17.6. The van der Waals surface area contributed by atoms with Crippen molar-refractivity contribution in [2.75, 3.05) is 19.6 Å². The minimum absolute atomic E-state index is 0.234. The van der Waals surface area contributed by atoms with E-state index in [4.69, 9.17) is 0 Å². The number of likely N-dealkylation sites (tertiary alicyclic amines) is 1. The number of hydrogen-bond donors (Lipinski definition) is 1. The fourth-order valence-electron chi connectivity index (χ4n) is 3.07. The minimum Gasteiger partial charge on any atom is -0.343 e. The number of carbonyl (C=O) groups excluding carboxylic acids is 1. The molecule has 0 unspecified atom stereocenters. The molecule has 1 aromatic carbocycles. The Kier molecular flexibility index (Phi) is 5.81. The molecule has 0 radical (unpaired) electrons. The van der Waals surface area contributed by atoms with E-state index in [1.54, 1.807) is 4.80 Å². The van der Waals surface area contributed by atoms with Crippen molar-refractivity contribution in [3.05, 3.63) is 36.0 Å². The minimum atomic E-state index is 0.234. The van der Waals surface area contributed by atoms with Crippen molar-refractivity contribution >= 4 is 5.91 Å². The zero-order chi connectivity index (χ0) is 17.6. The quantitative estimate of drug-likeness (QED) is 0.750. The molecule has 0 saturated carbocycles. The standard InChI is InChI=1S/C19H27N5O/c1-15(2)24-21-17(19(22-24)16-8-4-3-5-9-16)14-20-11-7-13-23-12-6-10-18(23)25/h3-5,8-9,15,20H,6-7,10-14H2,1-2H3. The number of benzene rings is 1. The molecule has 6 nitrogen and oxygen atoms in total. The monoisotopic (exact) mass is 341 g/mol. The molecule has 1 aliphatic heterocycles. The summed E-state index contributed by atoms with van der Waals surface area (Å²) in [5.74, 6) is 0.297. The maximum Gasteiger partial charge on any atom is 0.222 e. The zero-order valence-electron chi connectivity index (χ0n) is 15.1. The van der Waals surface area contributed by atoms with Crippen LogP contribution in [0.3, 0.4) is 0 Å². The third kappa shape index (κ3) is 4.45. The molecule has 25 heavy (non-hydrogen) atoms. The molecule has 0 atom stereocenters. The average molecular weight is 341 g/mol. The predicted octanol–water partition coefficient (Wildman–Crippen LogP) is 2.63. The van der Waals surface area contributed by atoms with Crippen molar-refractivity contribution < 1.29 is 4.79 Å². The van der Waals surface area contributed by atoms with Crippen molar-refractivity contribution in [1.29, 1.82) is 0 Å². The third-order valence-electron chi connectivity index (χ3n) is 4.45. The first-order valence-corrected chi connectivity index (χ1v) is 9.15. The van der Waals surface area contributed by atoms with Crippen LogP contribution in [0.1, 0.15) is 44.8 Å². The van der Waals surface area contributed by atoms with Crippen LogP contribution in [-0.4, -0.2) is 45.4 Å². The Morgan fingerprint density at radius 1 is 1.20 bits per heavy atom. The summed E-state index contributed by atoms with van der Waals surface area (Å²) in [5.41, 5.74) is 3.00. The number of nitrogens with one attached hydrogen (secondary N) is 1. The van der Waals surface area contributed by atoms with Gasteiger partial charge in [-0.1, -0.05) is 30.3 Å². The van der Waals surface area contributed by atoms with Gasteiger partial charge in [0.2, 0.25) is 5.91 Å². The van der Waals surface area contributed by atoms with Crippen LogP contribution in [0, 0.1) is 0 Å². The Morgan fingerprint density at radius 3 is 2.68 bits per heavy atom. The summed E-state index contributed by atoms with van der Waals surface area (Å²) in [4.78, 5) is 15.4. The third-order valence-corrected chi connectivity index (χ3v) is 4.45. The molecule has 1 aromatic heterocycles. The van der Waals surface area contributed by atoms with Crippen LogP contribution in [-0.2, 0) is 11.3 Å². The number of amides is 1. The molecule has 6 heteroatoms. The van der Waals surface area contributed by atoms with E-state index in [-0.39, 0.29) is 6.04 Å². The molecule has 2 aromatic rings. The van der Waals surface area contributed by atoms with E-state index in [1.165, 1.54) is 0 Å². The first-order chi connectivity index (χ1) is 12.1. The van der Waals surface area contributed by atoms with Crippen LogP contribution in [0.25, 0.3) is 11.3 Å². The van der Waals surface area contributed by atoms with Gasteiger partial charge in [0.05, 0.1) is 6.04 Å². The van der Waals surface area contributed by atoms with Gasteiger partial charge in [-0.25, -0.2) is 0 Å². The molecule has 1 aliphatic rings. The van der Waals surface area contributed by atoms with E-state index in [1.807, 2.05) is 23.1 Å². The molecular weight excluding hydrogens is 314 g/mol. The normalized spacial score (nSPS) is 14.7. The van der Waals surface area contributed by atoms with Gasteiger partial charge in [-0.2, -0.15) is 15.0 Å². The van der Waals surface area contributed by atoms with Crippen molar-refractivity contribution in [2.45, 2.75) is 45.7 Å². The smallest absolute Gasteiger partial charge is 0.222 e. The van der Waals surface area contributed by atoms with E-state index < -0.39 is 0 Å². The van der Waals surface area contributed by atoms with Crippen molar-refractivity contribution in [3.8, 4) is 11.3 Å². The van der Waals surface area contributed by atoms with Gasteiger partial charge in [-0.05, 0) is 33.2 Å². The van der Waals surface area contributed by atoms with Crippen LogP contribution < -0.4 is 5.32 Å². The maximum atomic E-state index is 11.6. The predicted molar refractivity (Wildman–Crippen MR) is 98.0 cm³/mol. The Hall–Kier alpha value is -2.21. The zero-order valence-corrected chi connectivity index (χ0v) is 15.1. The van der Waals surface area contributed by atoms with E-state index in [9.17, 15) is 4.79 Å².